The zero-order chi connectivity index (χ0) is 14.6. The molecule has 0 radical (unpaired) electrons. The molecule has 0 bridgehead atoms. The second-order valence-electron chi connectivity index (χ2n) is 5.52. The minimum atomic E-state index is -0.0342. The van der Waals surface area contributed by atoms with E-state index in [9.17, 15) is 4.79 Å². The van der Waals surface area contributed by atoms with Gasteiger partial charge in [0, 0.05) is 6.42 Å². The number of carbonyl (C=O) groups excluding carboxylic acids is 1. The van der Waals surface area contributed by atoms with Crippen LogP contribution in [0.4, 0.5) is 0 Å². The summed E-state index contributed by atoms with van der Waals surface area (Å²) >= 11 is 0. The van der Waals surface area contributed by atoms with Gasteiger partial charge >= 0.3 is 0 Å². The third kappa shape index (κ3) is 6.85. The van der Waals surface area contributed by atoms with Crippen LogP contribution in [0.15, 0.2) is 30.3 Å². The third-order valence-corrected chi connectivity index (χ3v) is 3.80. The van der Waals surface area contributed by atoms with Gasteiger partial charge in [0.2, 0.25) is 0 Å². The highest BCUT2D eigenvalue weighted by molar-refractivity contribution is 5.84. The van der Waals surface area contributed by atoms with Crippen molar-refractivity contribution in [2.45, 2.75) is 64.3 Å². The highest BCUT2D eigenvalue weighted by atomic mass is 16.1. The van der Waals surface area contributed by atoms with Gasteiger partial charge in [0.15, 0.2) is 0 Å². The fourth-order valence-corrected chi connectivity index (χ4v) is 2.48. The normalized spacial score (nSPS) is 12.3. The molecule has 1 rings (SSSR count). The molecule has 0 heterocycles. The zero-order valence-corrected chi connectivity index (χ0v) is 13.0. The van der Waals surface area contributed by atoms with Gasteiger partial charge in [-0.3, -0.25) is 4.79 Å². The van der Waals surface area contributed by atoms with Crippen LogP contribution in [0.3, 0.4) is 0 Å². The Hall–Kier alpha value is -1.15. The van der Waals surface area contributed by atoms with Gasteiger partial charge in [-0.2, -0.15) is 0 Å². The predicted molar refractivity (Wildman–Crippen MR) is 86.0 cm³/mol. The number of Topliss-reactive ketones (excluding diaryl/α,β-unsaturated/α-hetero) is 1. The van der Waals surface area contributed by atoms with Crippen molar-refractivity contribution in [3.05, 3.63) is 35.9 Å². The van der Waals surface area contributed by atoms with Crippen LogP contribution in [0.1, 0.15) is 57.4 Å². The lowest BCUT2D eigenvalue weighted by Gasteiger charge is -2.15. The number of carbonyl (C=O) groups is 1. The molecule has 0 aromatic heterocycles. The maximum Gasteiger partial charge on any atom is 0.150 e. The summed E-state index contributed by atoms with van der Waals surface area (Å²) in [4.78, 5) is 12.2. The highest BCUT2D eigenvalue weighted by Crippen LogP contribution is 2.10. The van der Waals surface area contributed by atoms with Gasteiger partial charge in [0.1, 0.15) is 5.78 Å². The van der Waals surface area contributed by atoms with Crippen molar-refractivity contribution in [2.75, 3.05) is 7.05 Å². The molecule has 2 nitrogen and oxygen atoms in total. The Labute approximate surface area is 124 Å². The molecule has 0 aliphatic heterocycles. The summed E-state index contributed by atoms with van der Waals surface area (Å²) in [5.74, 6) is 0.354. The Morgan fingerprint density at radius 2 is 1.70 bits per heavy atom. The van der Waals surface area contributed by atoms with E-state index in [1.54, 1.807) is 0 Å². The summed E-state index contributed by atoms with van der Waals surface area (Å²) < 4.78 is 0. The van der Waals surface area contributed by atoms with Crippen molar-refractivity contribution < 1.29 is 4.79 Å². The summed E-state index contributed by atoms with van der Waals surface area (Å²) in [6.07, 6.45) is 8.91. The van der Waals surface area contributed by atoms with Gasteiger partial charge in [-0.05, 0) is 25.5 Å². The zero-order valence-electron chi connectivity index (χ0n) is 13.0. The maximum absolute atomic E-state index is 12.2. The molecule has 0 saturated heterocycles. The van der Waals surface area contributed by atoms with Crippen molar-refractivity contribution in [3.63, 3.8) is 0 Å². The molecule has 0 amide bonds. The molecular weight excluding hydrogens is 246 g/mol. The van der Waals surface area contributed by atoms with Crippen LogP contribution in [0.25, 0.3) is 0 Å². The first-order chi connectivity index (χ1) is 9.77. The standard InChI is InChI=1S/C18H29NO/c1-3-4-5-6-7-11-14-18(20)17(19-2)15-16-12-9-8-10-13-16/h8-10,12-13,17,19H,3-7,11,14-15H2,1-2H3/t17-/m0/s1. The van der Waals surface area contributed by atoms with Crippen LogP contribution in [-0.2, 0) is 11.2 Å². The smallest absolute Gasteiger partial charge is 0.150 e. The molecule has 0 fully saturated rings. The molecule has 112 valence electrons. The van der Waals surface area contributed by atoms with Crippen LogP contribution in [0.5, 0.6) is 0 Å². The van der Waals surface area contributed by atoms with E-state index in [2.05, 4.69) is 24.4 Å². The Morgan fingerprint density at radius 3 is 2.35 bits per heavy atom. The van der Waals surface area contributed by atoms with Crippen LogP contribution in [0, 0.1) is 0 Å². The molecular formula is C18H29NO. The number of hydrogen-bond donors (Lipinski definition) is 1. The van der Waals surface area contributed by atoms with Gasteiger partial charge in [-0.15, -0.1) is 0 Å². The molecule has 0 saturated carbocycles. The monoisotopic (exact) mass is 275 g/mol. The molecule has 0 unspecified atom stereocenters. The van der Waals surface area contributed by atoms with E-state index in [4.69, 9.17) is 0 Å². The van der Waals surface area contributed by atoms with Crippen LogP contribution >= 0.6 is 0 Å². The molecule has 1 atom stereocenters. The lowest BCUT2D eigenvalue weighted by molar-refractivity contribution is -0.121. The Balaban J connectivity index is 2.25. The molecule has 1 N–H and O–H groups in total. The van der Waals surface area contributed by atoms with Crippen LogP contribution < -0.4 is 5.32 Å². The van der Waals surface area contributed by atoms with Crippen LogP contribution in [0.2, 0.25) is 0 Å². The first kappa shape index (κ1) is 16.9. The first-order valence-electron chi connectivity index (χ1n) is 8.01. The minimum absolute atomic E-state index is 0.0342. The summed E-state index contributed by atoms with van der Waals surface area (Å²) in [5, 5.41) is 3.16. The number of unbranched alkanes of at least 4 members (excludes halogenated alkanes) is 5. The lowest BCUT2D eigenvalue weighted by Crippen LogP contribution is -2.35. The minimum Gasteiger partial charge on any atom is -0.310 e. The SMILES string of the molecule is CCCCCCCCC(=O)[C@H](Cc1ccccc1)NC. The molecule has 1 aromatic rings. The molecule has 20 heavy (non-hydrogen) atoms. The predicted octanol–water partition coefficient (Wildman–Crippen LogP) is 4.14. The van der Waals surface area contributed by atoms with Crippen molar-refractivity contribution in [1.29, 1.82) is 0 Å². The van der Waals surface area contributed by atoms with E-state index in [0.717, 1.165) is 12.8 Å². The van der Waals surface area contributed by atoms with Gasteiger partial charge in [0.05, 0.1) is 6.04 Å². The summed E-state index contributed by atoms with van der Waals surface area (Å²) in [6, 6.07) is 10.2. The van der Waals surface area contributed by atoms with Crippen LogP contribution in [-0.4, -0.2) is 18.9 Å². The Morgan fingerprint density at radius 1 is 1.05 bits per heavy atom. The fraction of sp³-hybridized carbons (Fsp3) is 0.611. The second-order valence-corrected chi connectivity index (χ2v) is 5.52. The van der Waals surface area contributed by atoms with Gasteiger partial charge < -0.3 is 5.32 Å². The molecule has 0 aliphatic rings. The largest absolute Gasteiger partial charge is 0.310 e. The summed E-state index contributed by atoms with van der Waals surface area (Å²) in [6.45, 7) is 2.23. The van der Waals surface area contributed by atoms with E-state index < -0.39 is 0 Å². The number of benzene rings is 1. The average molecular weight is 275 g/mol. The average Bonchev–Trinajstić information content (AvgIpc) is 2.49. The lowest BCUT2D eigenvalue weighted by atomic mass is 9.98. The summed E-state index contributed by atoms with van der Waals surface area (Å²) in [5.41, 5.74) is 1.23. The molecule has 0 spiro atoms. The number of nitrogens with one attached hydrogen (secondary N) is 1. The third-order valence-electron chi connectivity index (χ3n) is 3.80. The first-order valence-corrected chi connectivity index (χ1v) is 8.01. The fourth-order valence-electron chi connectivity index (χ4n) is 2.48. The quantitative estimate of drug-likeness (QED) is 0.615. The summed E-state index contributed by atoms with van der Waals surface area (Å²) in [7, 11) is 1.88. The van der Waals surface area contributed by atoms with Crippen molar-refractivity contribution >= 4 is 5.78 Å². The van der Waals surface area contributed by atoms with Gasteiger partial charge in [0.25, 0.3) is 0 Å². The van der Waals surface area contributed by atoms with Gasteiger partial charge in [-0.1, -0.05) is 69.4 Å². The number of ketones is 1. The van der Waals surface area contributed by atoms with Crippen molar-refractivity contribution in [2.24, 2.45) is 0 Å². The Bertz CT molecular complexity index is 361. The van der Waals surface area contributed by atoms with E-state index in [1.807, 2.05) is 25.2 Å². The molecule has 1 aromatic carbocycles. The Kier molecular flexibility index (Phi) is 8.97. The van der Waals surface area contributed by atoms with Gasteiger partial charge in [-0.25, -0.2) is 0 Å². The van der Waals surface area contributed by atoms with E-state index in [0.29, 0.717) is 12.2 Å². The van der Waals surface area contributed by atoms with E-state index >= 15 is 0 Å². The van der Waals surface area contributed by atoms with Crippen molar-refractivity contribution in [3.8, 4) is 0 Å². The molecule has 2 heteroatoms. The van der Waals surface area contributed by atoms with E-state index in [-0.39, 0.29) is 6.04 Å². The van der Waals surface area contributed by atoms with E-state index in [1.165, 1.54) is 37.7 Å². The van der Waals surface area contributed by atoms with Crippen molar-refractivity contribution in [1.82, 2.24) is 5.32 Å². The molecule has 0 aliphatic carbocycles. The second kappa shape index (κ2) is 10.6. The number of likely N-dealkylation sites (N-methyl/N-ethyl adjacent to an activating group) is 1. The highest BCUT2D eigenvalue weighted by Gasteiger charge is 2.15. The topological polar surface area (TPSA) is 29.1 Å². The number of hydrogen-bond acceptors (Lipinski definition) is 2. The number of rotatable bonds is 11. The maximum atomic E-state index is 12.2.